The molecule has 4 heteroatoms. The summed E-state index contributed by atoms with van der Waals surface area (Å²) in [6.45, 7) is 0. The second kappa shape index (κ2) is 8.02. The van der Waals surface area contributed by atoms with Crippen LogP contribution in [0.15, 0.2) is 73.1 Å². The van der Waals surface area contributed by atoms with E-state index in [1.54, 1.807) is 12.4 Å². The second-order valence-electron chi connectivity index (χ2n) is 5.55. The minimum atomic E-state index is -0.0120. The summed E-state index contributed by atoms with van der Waals surface area (Å²) in [4.78, 5) is 20.6. The van der Waals surface area contributed by atoms with E-state index in [1.807, 2.05) is 48.5 Å². The highest BCUT2D eigenvalue weighted by Gasteiger charge is 2.05. The number of amides is 1. The Bertz CT molecular complexity index is 771. The van der Waals surface area contributed by atoms with E-state index in [9.17, 15) is 4.79 Å². The summed E-state index contributed by atoms with van der Waals surface area (Å²) in [5, 5.41) is 2.84. The molecule has 1 aromatic heterocycles. The Kier molecular flexibility index (Phi) is 5.30. The fourth-order valence-corrected chi connectivity index (χ4v) is 2.45. The lowest BCUT2D eigenvalue weighted by atomic mass is 10.1. The molecule has 3 aromatic rings. The van der Waals surface area contributed by atoms with Gasteiger partial charge in [-0.25, -0.2) is 9.97 Å². The van der Waals surface area contributed by atoms with Crippen LogP contribution in [0.2, 0.25) is 0 Å². The fourth-order valence-electron chi connectivity index (χ4n) is 2.45. The van der Waals surface area contributed by atoms with Crippen LogP contribution in [0.1, 0.15) is 18.4 Å². The summed E-state index contributed by atoms with van der Waals surface area (Å²) >= 11 is 0. The van der Waals surface area contributed by atoms with Gasteiger partial charge in [-0.05, 0) is 18.4 Å². The van der Waals surface area contributed by atoms with Crippen LogP contribution >= 0.6 is 0 Å². The van der Waals surface area contributed by atoms with Crippen molar-refractivity contribution in [2.24, 2.45) is 0 Å². The maximum atomic E-state index is 12.0. The van der Waals surface area contributed by atoms with Crippen molar-refractivity contribution < 1.29 is 4.79 Å². The molecule has 4 nitrogen and oxygen atoms in total. The highest BCUT2D eigenvalue weighted by atomic mass is 16.1. The van der Waals surface area contributed by atoms with E-state index in [0.717, 1.165) is 18.4 Å². The van der Waals surface area contributed by atoms with Gasteiger partial charge in [-0.3, -0.25) is 4.79 Å². The Balaban J connectivity index is 1.49. The summed E-state index contributed by atoms with van der Waals surface area (Å²) in [6.07, 6.45) is 5.49. The molecule has 0 atom stereocenters. The number of anilines is 1. The molecule has 24 heavy (non-hydrogen) atoms. The van der Waals surface area contributed by atoms with E-state index in [4.69, 9.17) is 0 Å². The van der Waals surface area contributed by atoms with Crippen LogP contribution in [0.4, 0.5) is 5.69 Å². The molecule has 0 saturated heterocycles. The lowest BCUT2D eigenvalue weighted by molar-refractivity contribution is -0.116. The van der Waals surface area contributed by atoms with Crippen molar-refractivity contribution in [2.75, 3.05) is 5.32 Å². The SMILES string of the molecule is O=C(CCCc1ccccc1)Nc1cnc(-c2ccccc2)nc1. The van der Waals surface area contributed by atoms with Gasteiger partial charge in [0.25, 0.3) is 0 Å². The number of nitrogens with one attached hydrogen (secondary N) is 1. The molecular formula is C20H19N3O. The summed E-state index contributed by atoms with van der Waals surface area (Å²) in [6, 6.07) is 19.9. The van der Waals surface area contributed by atoms with Crippen LogP contribution < -0.4 is 5.32 Å². The average molecular weight is 317 g/mol. The summed E-state index contributed by atoms with van der Waals surface area (Å²) < 4.78 is 0. The van der Waals surface area contributed by atoms with Gasteiger partial charge in [-0.2, -0.15) is 0 Å². The number of hydrogen-bond donors (Lipinski definition) is 1. The third kappa shape index (κ3) is 4.49. The zero-order chi connectivity index (χ0) is 16.6. The van der Waals surface area contributed by atoms with Gasteiger partial charge >= 0.3 is 0 Å². The Morgan fingerprint density at radius 1 is 0.875 bits per heavy atom. The molecule has 0 fully saturated rings. The van der Waals surface area contributed by atoms with Crippen LogP contribution in [-0.4, -0.2) is 15.9 Å². The summed E-state index contributed by atoms with van der Waals surface area (Å²) in [5.41, 5.74) is 2.83. The van der Waals surface area contributed by atoms with Crippen LogP contribution in [-0.2, 0) is 11.2 Å². The number of aromatic nitrogens is 2. The van der Waals surface area contributed by atoms with Gasteiger partial charge in [0.15, 0.2) is 5.82 Å². The molecule has 0 saturated carbocycles. The van der Waals surface area contributed by atoms with E-state index >= 15 is 0 Å². The lowest BCUT2D eigenvalue weighted by Gasteiger charge is -2.06. The second-order valence-corrected chi connectivity index (χ2v) is 5.55. The van der Waals surface area contributed by atoms with Gasteiger partial charge in [0.2, 0.25) is 5.91 Å². The van der Waals surface area contributed by atoms with Crippen molar-refractivity contribution in [3.63, 3.8) is 0 Å². The Morgan fingerprint density at radius 2 is 1.50 bits per heavy atom. The maximum Gasteiger partial charge on any atom is 0.224 e. The van der Waals surface area contributed by atoms with Gasteiger partial charge in [-0.15, -0.1) is 0 Å². The number of carbonyl (C=O) groups is 1. The number of nitrogens with zero attached hydrogens (tertiary/aromatic N) is 2. The molecular weight excluding hydrogens is 298 g/mol. The van der Waals surface area contributed by atoms with Gasteiger partial charge in [0.05, 0.1) is 18.1 Å². The highest BCUT2D eigenvalue weighted by molar-refractivity contribution is 5.90. The molecule has 2 aromatic carbocycles. The zero-order valence-corrected chi connectivity index (χ0v) is 13.4. The van der Waals surface area contributed by atoms with Crippen LogP contribution in [0.3, 0.4) is 0 Å². The number of carbonyl (C=O) groups excluding carboxylic acids is 1. The quantitative estimate of drug-likeness (QED) is 0.744. The Labute approximate surface area is 141 Å². The zero-order valence-electron chi connectivity index (χ0n) is 13.4. The molecule has 0 radical (unpaired) electrons. The fraction of sp³-hybridized carbons (Fsp3) is 0.150. The standard InChI is InChI=1S/C20H19N3O/c24-19(13-7-10-16-8-3-1-4-9-16)23-18-14-21-20(22-15-18)17-11-5-2-6-12-17/h1-6,8-9,11-12,14-15H,7,10,13H2,(H,23,24). The first-order valence-corrected chi connectivity index (χ1v) is 8.02. The summed E-state index contributed by atoms with van der Waals surface area (Å²) in [7, 11) is 0. The smallest absolute Gasteiger partial charge is 0.224 e. The van der Waals surface area contributed by atoms with Gasteiger partial charge in [-0.1, -0.05) is 60.7 Å². The van der Waals surface area contributed by atoms with Crippen LogP contribution in [0.5, 0.6) is 0 Å². The molecule has 1 N–H and O–H groups in total. The van der Waals surface area contributed by atoms with Crippen molar-refractivity contribution in [3.05, 3.63) is 78.6 Å². The first-order chi connectivity index (χ1) is 11.8. The molecule has 0 aliphatic heterocycles. The molecule has 0 unspecified atom stereocenters. The predicted octanol–water partition coefficient (Wildman–Crippen LogP) is 4.11. The van der Waals surface area contributed by atoms with Gasteiger partial charge in [0, 0.05) is 12.0 Å². The predicted molar refractivity (Wildman–Crippen MR) is 95.5 cm³/mol. The number of rotatable bonds is 6. The van der Waals surface area contributed by atoms with Gasteiger partial charge < -0.3 is 5.32 Å². The van der Waals surface area contributed by atoms with Crippen molar-refractivity contribution in [3.8, 4) is 11.4 Å². The molecule has 1 amide bonds. The van der Waals surface area contributed by atoms with Crippen LogP contribution in [0, 0.1) is 0 Å². The van der Waals surface area contributed by atoms with E-state index in [0.29, 0.717) is 17.9 Å². The van der Waals surface area contributed by atoms with Crippen LogP contribution in [0.25, 0.3) is 11.4 Å². The lowest BCUT2D eigenvalue weighted by Crippen LogP contribution is -2.12. The van der Waals surface area contributed by atoms with Crippen molar-refractivity contribution in [1.29, 1.82) is 0 Å². The largest absolute Gasteiger partial charge is 0.323 e. The van der Waals surface area contributed by atoms with E-state index in [2.05, 4.69) is 27.4 Å². The normalized spacial score (nSPS) is 10.3. The van der Waals surface area contributed by atoms with E-state index in [1.165, 1.54) is 5.56 Å². The summed E-state index contributed by atoms with van der Waals surface area (Å²) in [5.74, 6) is 0.639. The number of benzene rings is 2. The third-order valence-corrected chi connectivity index (χ3v) is 3.68. The molecule has 0 spiro atoms. The minimum Gasteiger partial charge on any atom is -0.323 e. The monoisotopic (exact) mass is 317 g/mol. The Morgan fingerprint density at radius 3 is 2.17 bits per heavy atom. The van der Waals surface area contributed by atoms with Gasteiger partial charge in [0.1, 0.15) is 0 Å². The molecule has 1 heterocycles. The molecule has 0 aliphatic rings. The first-order valence-electron chi connectivity index (χ1n) is 8.02. The number of aryl methyl sites for hydroxylation is 1. The van der Waals surface area contributed by atoms with E-state index in [-0.39, 0.29) is 5.91 Å². The van der Waals surface area contributed by atoms with Crippen molar-refractivity contribution >= 4 is 11.6 Å². The van der Waals surface area contributed by atoms with Crippen molar-refractivity contribution in [2.45, 2.75) is 19.3 Å². The number of hydrogen-bond acceptors (Lipinski definition) is 3. The highest BCUT2D eigenvalue weighted by Crippen LogP contribution is 2.15. The topological polar surface area (TPSA) is 54.9 Å². The molecule has 0 aliphatic carbocycles. The van der Waals surface area contributed by atoms with E-state index < -0.39 is 0 Å². The molecule has 120 valence electrons. The molecule has 0 bridgehead atoms. The average Bonchev–Trinajstić information content (AvgIpc) is 2.64. The first kappa shape index (κ1) is 15.9. The third-order valence-electron chi connectivity index (χ3n) is 3.68. The molecule has 3 rings (SSSR count). The Hall–Kier alpha value is -3.01. The maximum absolute atomic E-state index is 12.0. The minimum absolute atomic E-state index is 0.0120. The van der Waals surface area contributed by atoms with Crippen molar-refractivity contribution in [1.82, 2.24) is 9.97 Å².